The summed E-state index contributed by atoms with van der Waals surface area (Å²) in [6.45, 7) is 0.108. The number of nitrogens with one attached hydrogen (secondary N) is 2. The molecule has 6 nitrogen and oxygen atoms in total. The average molecular weight is 346 g/mol. The Hall–Kier alpha value is -2.54. The van der Waals surface area contributed by atoms with Crippen molar-refractivity contribution in [2.24, 2.45) is 0 Å². The minimum atomic E-state index is -0.786. The van der Waals surface area contributed by atoms with Crippen molar-refractivity contribution >= 4 is 23.2 Å². The number of carbonyl (C=O) groups excluding carboxylic acids is 2. The van der Waals surface area contributed by atoms with Crippen molar-refractivity contribution in [3.63, 3.8) is 0 Å². The molecule has 1 aliphatic rings. The van der Waals surface area contributed by atoms with Gasteiger partial charge in [0.15, 0.2) is 11.5 Å². The van der Waals surface area contributed by atoms with Crippen molar-refractivity contribution in [1.82, 2.24) is 10.9 Å². The molecule has 7 heteroatoms. The smallest absolute Gasteiger partial charge is 0.283 e. The number of amides is 2. The van der Waals surface area contributed by atoms with Crippen molar-refractivity contribution in [1.29, 1.82) is 0 Å². The molecule has 1 aromatic heterocycles. The fraction of sp³-hybridized carbons (Fsp3) is 0.294. The maximum Gasteiger partial charge on any atom is 0.283 e. The van der Waals surface area contributed by atoms with Crippen molar-refractivity contribution in [3.8, 4) is 11.5 Å². The van der Waals surface area contributed by atoms with Crippen LogP contribution in [0.3, 0.4) is 0 Å². The van der Waals surface area contributed by atoms with E-state index in [1.807, 2.05) is 23.6 Å². The third kappa shape index (κ3) is 4.26. The first-order valence-corrected chi connectivity index (χ1v) is 8.60. The standard InChI is InChI=1S/C17H18N2O4S/c20-16(9-3-5-12-6-4-10-24-12)18-19-17(21)15-11-22-13-7-1-2-8-14(13)23-15/h1-2,4,6-8,10,15H,3,5,9,11H2,(H,18,20)(H,19,21)/t15-/m1/s1. The van der Waals surface area contributed by atoms with Crippen LogP contribution in [0.15, 0.2) is 41.8 Å². The molecule has 0 saturated carbocycles. The number of aryl methyl sites for hydroxylation is 1. The number of benzene rings is 1. The van der Waals surface area contributed by atoms with E-state index < -0.39 is 12.0 Å². The number of para-hydroxylation sites is 2. The highest BCUT2D eigenvalue weighted by Gasteiger charge is 2.27. The van der Waals surface area contributed by atoms with Crippen LogP contribution in [0.4, 0.5) is 0 Å². The Bertz CT molecular complexity index is 702. The number of hydrazine groups is 1. The Morgan fingerprint density at radius 1 is 1.12 bits per heavy atom. The number of hydrogen-bond acceptors (Lipinski definition) is 5. The number of rotatable bonds is 5. The molecule has 0 fully saturated rings. The van der Waals surface area contributed by atoms with Gasteiger partial charge in [0, 0.05) is 11.3 Å². The maximum absolute atomic E-state index is 12.0. The van der Waals surface area contributed by atoms with Gasteiger partial charge in [-0.1, -0.05) is 18.2 Å². The van der Waals surface area contributed by atoms with Gasteiger partial charge in [-0.25, -0.2) is 0 Å². The van der Waals surface area contributed by atoms with E-state index in [-0.39, 0.29) is 12.5 Å². The highest BCUT2D eigenvalue weighted by Crippen LogP contribution is 2.30. The molecule has 0 unspecified atom stereocenters. The molecule has 0 radical (unpaired) electrons. The van der Waals surface area contributed by atoms with Gasteiger partial charge in [0.2, 0.25) is 12.0 Å². The van der Waals surface area contributed by atoms with E-state index in [1.54, 1.807) is 29.5 Å². The normalized spacial score (nSPS) is 15.6. The van der Waals surface area contributed by atoms with Crippen molar-refractivity contribution in [2.75, 3.05) is 6.61 Å². The number of thiophene rings is 1. The third-order valence-corrected chi connectivity index (χ3v) is 4.47. The van der Waals surface area contributed by atoms with Gasteiger partial charge in [-0.05, 0) is 36.4 Å². The quantitative estimate of drug-likeness (QED) is 0.813. The lowest BCUT2D eigenvalue weighted by molar-refractivity contribution is -0.135. The summed E-state index contributed by atoms with van der Waals surface area (Å²) in [5.74, 6) is 0.471. The first-order valence-electron chi connectivity index (χ1n) is 7.72. The molecule has 1 aromatic carbocycles. The molecule has 2 heterocycles. The molecule has 24 heavy (non-hydrogen) atoms. The summed E-state index contributed by atoms with van der Waals surface area (Å²) in [7, 11) is 0. The second-order valence-corrected chi connectivity index (χ2v) is 6.37. The summed E-state index contributed by atoms with van der Waals surface area (Å²) in [5, 5.41) is 2.01. The van der Waals surface area contributed by atoms with Gasteiger partial charge in [-0.15, -0.1) is 11.3 Å². The zero-order chi connectivity index (χ0) is 16.8. The first-order chi connectivity index (χ1) is 11.7. The predicted molar refractivity (Wildman–Crippen MR) is 89.9 cm³/mol. The molecule has 126 valence electrons. The highest BCUT2D eigenvalue weighted by atomic mass is 32.1. The summed E-state index contributed by atoms with van der Waals surface area (Å²) in [4.78, 5) is 25.1. The van der Waals surface area contributed by atoms with Gasteiger partial charge in [-0.3, -0.25) is 20.4 Å². The molecule has 1 atom stereocenters. The molecule has 2 N–H and O–H groups in total. The Balaban J connectivity index is 1.38. The molecule has 0 aliphatic carbocycles. The molecular formula is C17H18N2O4S. The van der Waals surface area contributed by atoms with Gasteiger partial charge in [0.05, 0.1) is 0 Å². The fourth-order valence-electron chi connectivity index (χ4n) is 2.30. The van der Waals surface area contributed by atoms with E-state index in [1.165, 1.54) is 4.88 Å². The third-order valence-electron chi connectivity index (χ3n) is 3.53. The van der Waals surface area contributed by atoms with Gasteiger partial charge in [-0.2, -0.15) is 0 Å². The number of carbonyl (C=O) groups is 2. The van der Waals surface area contributed by atoms with E-state index in [0.29, 0.717) is 17.9 Å². The molecule has 0 saturated heterocycles. The topological polar surface area (TPSA) is 76.7 Å². The lowest BCUT2D eigenvalue weighted by Crippen LogP contribution is -2.50. The van der Waals surface area contributed by atoms with Gasteiger partial charge >= 0.3 is 0 Å². The Morgan fingerprint density at radius 3 is 2.75 bits per heavy atom. The van der Waals surface area contributed by atoms with E-state index in [4.69, 9.17) is 9.47 Å². The summed E-state index contributed by atoms with van der Waals surface area (Å²) < 4.78 is 11.0. The first kappa shape index (κ1) is 16.3. The summed E-state index contributed by atoms with van der Waals surface area (Å²) in [6, 6.07) is 11.2. The molecule has 3 rings (SSSR count). The van der Waals surface area contributed by atoms with Crippen LogP contribution < -0.4 is 20.3 Å². The molecule has 1 aliphatic heterocycles. The zero-order valence-corrected chi connectivity index (χ0v) is 13.8. The van der Waals surface area contributed by atoms with Crippen molar-refractivity contribution in [2.45, 2.75) is 25.4 Å². The lowest BCUT2D eigenvalue weighted by atomic mass is 10.2. The van der Waals surface area contributed by atoms with Crippen LogP contribution in [0.2, 0.25) is 0 Å². The highest BCUT2D eigenvalue weighted by molar-refractivity contribution is 7.09. The fourth-order valence-corrected chi connectivity index (χ4v) is 3.05. The van der Waals surface area contributed by atoms with E-state index >= 15 is 0 Å². The van der Waals surface area contributed by atoms with Gasteiger partial charge < -0.3 is 9.47 Å². The number of fused-ring (bicyclic) bond motifs is 1. The molecular weight excluding hydrogens is 328 g/mol. The van der Waals surface area contributed by atoms with Crippen LogP contribution in [0.1, 0.15) is 17.7 Å². The van der Waals surface area contributed by atoms with Crippen LogP contribution in [0.5, 0.6) is 11.5 Å². The van der Waals surface area contributed by atoms with Crippen LogP contribution >= 0.6 is 11.3 Å². The molecule has 0 bridgehead atoms. The minimum Gasteiger partial charge on any atom is -0.485 e. The molecule has 0 spiro atoms. The van der Waals surface area contributed by atoms with Crippen molar-refractivity contribution in [3.05, 3.63) is 46.7 Å². The molecule has 2 aromatic rings. The van der Waals surface area contributed by atoms with Crippen molar-refractivity contribution < 1.29 is 19.1 Å². The molecule has 2 amide bonds. The van der Waals surface area contributed by atoms with E-state index in [9.17, 15) is 9.59 Å². The minimum absolute atomic E-state index is 0.108. The van der Waals surface area contributed by atoms with Crippen LogP contribution in [-0.4, -0.2) is 24.5 Å². The Labute approximate surface area is 143 Å². The van der Waals surface area contributed by atoms with Crippen LogP contribution in [0, 0.1) is 0 Å². The second-order valence-electron chi connectivity index (χ2n) is 5.33. The van der Waals surface area contributed by atoms with Crippen LogP contribution in [0.25, 0.3) is 0 Å². The predicted octanol–water partition coefficient (Wildman–Crippen LogP) is 2.06. The SMILES string of the molecule is O=C(CCCc1cccs1)NNC(=O)[C@H]1COc2ccccc2O1. The second kappa shape index (κ2) is 7.83. The van der Waals surface area contributed by atoms with Gasteiger partial charge in [0.25, 0.3) is 5.91 Å². The maximum atomic E-state index is 12.0. The van der Waals surface area contributed by atoms with Gasteiger partial charge in [0.1, 0.15) is 6.61 Å². The number of ether oxygens (including phenoxy) is 2. The Morgan fingerprint density at radius 2 is 1.96 bits per heavy atom. The summed E-state index contributed by atoms with van der Waals surface area (Å²) in [5.41, 5.74) is 4.80. The Kier molecular flexibility index (Phi) is 5.32. The monoisotopic (exact) mass is 346 g/mol. The summed E-state index contributed by atoms with van der Waals surface area (Å²) >= 11 is 1.67. The largest absolute Gasteiger partial charge is 0.485 e. The van der Waals surface area contributed by atoms with Crippen LogP contribution in [-0.2, 0) is 16.0 Å². The lowest BCUT2D eigenvalue weighted by Gasteiger charge is -2.25. The van der Waals surface area contributed by atoms with E-state index in [0.717, 1.165) is 12.8 Å². The zero-order valence-electron chi connectivity index (χ0n) is 13.0. The average Bonchev–Trinajstić information content (AvgIpc) is 3.12. The summed E-state index contributed by atoms with van der Waals surface area (Å²) in [6.07, 6.45) is 1.16. The number of hydrogen-bond donors (Lipinski definition) is 2. The van der Waals surface area contributed by atoms with E-state index in [2.05, 4.69) is 10.9 Å².